The Balaban J connectivity index is 1.34. The molecule has 0 saturated heterocycles. The minimum atomic E-state index is 0.0756. The van der Waals surface area contributed by atoms with E-state index < -0.39 is 0 Å². The molecule has 3 aromatic carbocycles. The minimum absolute atomic E-state index is 0.0756. The number of para-hydroxylation sites is 2. The number of rotatable bonds is 4. The van der Waals surface area contributed by atoms with Crippen molar-refractivity contribution in [2.75, 3.05) is 11.4 Å². The number of benzene rings is 3. The van der Waals surface area contributed by atoms with Crippen LogP contribution in [0.3, 0.4) is 0 Å². The third-order valence-corrected chi connectivity index (χ3v) is 8.56. The van der Waals surface area contributed by atoms with Gasteiger partial charge in [-0.05, 0) is 17.0 Å². The summed E-state index contributed by atoms with van der Waals surface area (Å²) >= 11 is 2.39. The van der Waals surface area contributed by atoms with Gasteiger partial charge in [0.15, 0.2) is 0 Å². The second-order valence-corrected chi connectivity index (χ2v) is 11.9. The first kappa shape index (κ1) is 24.9. The zero-order valence-corrected chi connectivity index (χ0v) is 24.5. The van der Waals surface area contributed by atoms with Crippen LogP contribution in [0.5, 0.6) is 11.5 Å². The summed E-state index contributed by atoms with van der Waals surface area (Å²) in [6.07, 6.45) is 4.11. The Bertz CT molecular complexity index is 1710. The van der Waals surface area contributed by atoms with Crippen LogP contribution >= 0.6 is 0 Å². The van der Waals surface area contributed by atoms with Gasteiger partial charge < -0.3 is 0 Å². The second-order valence-electron chi connectivity index (χ2n) is 10.9. The van der Waals surface area contributed by atoms with Crippen molar-refractivity contribution in [1.29, 1.82) is 0 Å². The average molecular weight is 684 g/mol. The van der Waals surface area contributed by atoms with Crippen molar-refractivity contribution >= 4 is 22.5 Å². The van der Waals surface area contributed by atoms with Crippen molar-refractivity contribution < 1.29 is 24.1 Å². The standard InChI is InChI=1S/C32H32N4O.Pt/c1-32(2,3)24-16-17-33-31(19-24)35-18-8-9-23-14-15-27(21-30(23)35)37-26-11-7-10-25(20-26)36-22-34(4)28-12-5-6-13-29(28)36;/h5-7,10-17,19-21H,8-9,18H2,1-4H3;. The number of aromatic nitrogens is 3. The molecule has 0 aliphatic carbocycles. The summed E-state index contributed by atoms with van der Waals surface area (Å²) < 4.78 is 12.1. The first-order valence-corrected chi connectivity index (χ1v) is 14.2. The summed E-state index contributed by atoms with van der Waals surface area (Å²) in [6, 6.07) is 27.6. The van der Waals surface area contributed by atoms with Crippen molar-refractivity contribution in [3.05, 3.63) is 100.0 Å². The van der Waals surface area contributed by atoms with Gasteiger partial charge in [0, 0.05) is 6.20 Å². The molecule has 6 heteroatoms. The number of hydrogen-bond acceptors (Lipinski definition) is 3. The van der Waals surface area contributed by atoms with Crippen molar-refractivity contribution in [3.8, 4) is 17.2 Å². The van der Waals surface area contributed by atoms with E-state index in [0.717, 1.165) is 46.2 Å². The molecule has 0 fully saturated rings. The quantitative estimate of drug-likeness (QED) is 0.196. The van der Waals surface area contributed by atoms with Gasteiger partial charge in [-0.2, -0.15) is 0 Å². The van der Waals surface area contributed by atoms with Crippen molar-refractivity contribution in [3.63, 3.8) is 0 Å². The Morgan fingerprint density at radius 1 is 0.868 bits per heavy atom. The van der Waals surface area contributed by atoms with Crippen molar-refractivity contribution in [2.24, 2.45) is 7.05 Å². The van der Waals surface area contributed by atoms with E-state index in [1.165, 1.54) is 27.8 Å². The Hall–Kier alpha value is -3.43. The summed E-state index contributed by atoms with van der Waals surface area (Å²) in [6.45, 7) is 7.68. The molecule has 2 aromatic heterocycles. The van der Waals surface area contributed by atoms with Crippen LogP contribution in [0.2, 0.25) is 0 Å². The number of fused-ring (bicyclic) bond motifs is 2. The molecule has 0 saturated carbocycles. The van der Waals surface area contributed by atoms with Crippen LogP contribution in [0.15, 0.2) is 85.1 Å². The van der Waals surface area contributed by atoms with E-state index in [9.17, 15) is 0 Å². The molecule has 38 heavy (non-hydrogen) atoms. The Labute approximate surface area is 234 Å². The molecule has 0 atom stereocenters. The summed E-state index contributed by atoms with van der Waals surface area (Å²) in [7, 11) is 2.10. The van der Waals surface area contributed by atoms with Crippen LogP contribution in [0.4, 0.5) is 11.5 Å². The molecule has 1 aliphatic rings. The first-order chi connectivity index (χ1) is 18.3. The van der Waals surface area contributed by atoms with Gasteiger partial charge in [0.2, 0.25) is 0 Å². The molecule has 0 unspecified atom stereocenters. The number of nitrogens with zero attached hydrogens (tertiary/aromatic N) is 4. The normalized spacial score (nSPS) is 13.6. The number of aryl methyl sites for hydroxylation is 2. The van der Waals surface area contributed by atoms with Gasteiger partial charge >= 0.3 is 191 Å². The molecule has 196 valence electrons. The van der Waals surface area contributed by atoms with E-state index in [2.05, 4.69) is 134 Å². The van der Waals surface area contributed by atoms with E-state index in [0.29, 0.717) is 0 Å². The zero-order valence-electron chi connectivity index (χ0n) is 22.2. The molecule has 0 spiro atoms. The number of ether oxygens (including phenoxy) is 1. The number of pyridine rings is 1. The van der Waals surface area contributed by atoms with Crippen LogP contribution in [0, 0.1) is 3.80 Å². The van der Waals surface area contributed by atoms with E-state index in [4.69, 9.17) is 9.72 Å². The van der Waals surface area contributed by atoms with Gasteiger partial charge in [-0.25, -0.2) is 0 Å². The van der Waals surface area contributed by atoms with Gasteiger partial charge in [-0.3, -0.25) is 0 Å². The predicted octanol–water partition coefficient (Wildman–Crippen LogP) is 7.62. The molecule has 0 amide bonds. The SMILES string of the molecule is Cn1[c](=[Pt])n(-c2cccc(Oc3ccc4c(c3)N(c3cc(C(C)(C)C)ccn3)CCC4)c2)c2ccccc21. The van der Waals surface area contributed by atoms with Crippen LogP contribution in [-0.4, -0.2) is 20.7 Å². The van der Waals surface area contributed by atoms with E-state index in [-0.39, 0.29) is 5.41 Å². The van der Waals surface area contributed by atoms with Gasteiger partial charge in [0.25, 0.3) is 0 Å². The fraction of sp³-hybridized carbons (Fsp3) is 0.250. The molecule has 0 bridgehead atoms. The summed E-state index contributed by atoms with van der Waals surface area (Å²) in [5.74, 6) is 2.64. The maximum absolute atomic E-state index is 6.46. The summed E-state index contributed by atoms with van der Waals surface area (Å²) in [5, 5.41) is 0. The third-order valence-electron chi connectivity index (χ3n) is 7.29. The maximum atomic E-state index is 6.46. The Morgan fingerprint density at radius 2 is 1.66 bits per heavy atom. The summed E-state index contributed by atoms with van der Waals surface area (Å²) in [5.41, 5.74) is 7.33. The fourth-order valence-electron chi connectivity index (χ4n) is 5.22. The molecule has 5 nitrogen and oxygen atoms in total. The molecule has 0 radical (unpaired) electrons. The van der Waals surface area contributed by atoms with E-state index >= 15 is 0 Å². The first-order valence-electron chi connectivity index (χ1n) is 13.1. The predicted molar refractivity (Wildman–Crippen MR) is 150 cm³/mol. The fourth-order valence-corrected chi connectivity index (χ4v) is 6.06. The number of hydrogen-bond donors (Lipinski definition) is 0. The Kier molecular flexibility index (Phi) is 6.35. The molecular weight excluding hydrogens is 651 g/mol. The second kappa shape index (κ2) is 9.71. The van der Waals surface area contributed by atoms with Crippen molar-refractivity contribution in [2.45, 2.75) is 39.0 Å². The molecule has 5 aromatic rings. The molecule has 1 aliphatic heterocycles. The summed E-state index contributed by atoms with van der Waals surface area (Å²) in [4.78, 5) is 7.09. The molecule has 0 N–H and O–H groups in total. The zero-order chi connectivity index (χ0) is 26.4. The van der Waals surface area contributed by atoms with Crippen LogP contribution in [-0.2, 0) is 38.2 Å². The monoisotopic (exact) mass is 683 g/mol. The Morgan fingerprint density at radius 3 is 2.47 bits per heavy atom. The van der Waals surface area contributed by atoms with Gasteiger partial charge in [-0.1, -0.05) is 20.8 Å². The third kappa shape index (κ3) is 4.54. The van der Waals surface area contributed by atoms with Gasteiger partial charge in [-0.15, -0.1) is 0 Å². The van der Waals surface area contributed by atoms with E-state index in [1.807, 2.05) is 12.3 Å². The van der Waals surface area contributed by atoms with Gasteiger partial charge in [0.1, 0.15) is 0 Å². The van der Waals surface area contributed by atoms with Crippen LogP contribution in [0.1, 0.15) is 38.3 Å². The number of imidazole rings is 1. The number of anilines is 2. The average Bonchev–Trinajstić information content (AvgIpc) is 3.18. The van der Waals surface area contributed by atoms with Gasteiger partial charge in [0.05, 0.1) is 0 Å². The molecule has 3 heterocycles. The van der Waals surface area contributed by atoms with Crippen molar-refractivity contribution in [1.82, 2.24) is 14.1 Å². The topological polar surface area (TPSA) is 35.2 Å². The van der Waals surface area contributed by atoms with E-state index in [1.54, 1.807) is 0 Å². The van der Waals surface area contributed by atoms with Crippen LogP contribution < -0.4 is 9.64 Å². The molecular formula is C32H32N4OPt. The van der Waals surface area contributed by atoms with Crippen LogP contribution in [0.25, 0.3) is 16.7 Å². The molecule has 6 rings (SSSR count).